The number of rotatable bonds is 3. The number of fused-ring (bicyclic) bond motifs is 1. The van der Waals surface area contributed by atoms with Gasteiger partial charge in [0.05, 0.1) is 6.10 Å². The summed E-state index contributed by atoms with van der Waals surface area (Å²) in [6.45, 7) is 9.29. The molecule has 5 nitrogen and oxygen atoms in total. The molecule has 5 heteroatoms. The van der Waals surface area contributed by atoms with Gasteiger partial charge in [0, 0.05) is 37.7 Å². The van der Waals surface area contributed by atoms with Crippen molar-refractivity contribution in [2.45, 2.75) is 51.7 Å². The number of hydrogen-bond acceptors (Lipinski definition) is 4. The van der Waals surface area contributed by atoms with Gasteiger partial charge in [-0.2, -0.15) is 0 Å². The normalized spacial score (nSPS) is 40.2. The van der Waals surface area contributed by atoms with Crippen molar-refractivity contribution in [1.29, 1.82) is 0 Å². The molecule has 3 atom stereocenters. The van der Waals surface area contributed by atoms with Crippen LogP contribution < -0.4 is 11.1 Å². The van der Waals surface area contributed by atoms with E-state index in [1.807, 2.05) is 0 Å². The fourth-order valence-corrected chi connectivity index (χ4v) is 4.33. The molecule has 1 aliphatic carbocycles. The third-order valence-corrected chi connectivity index (χ3v) is 6.21. The summed E-state index contributed by atoms with van der Waals surface area (Å²) in [7, 11) is 0. The van der Waals surface area contributed by atoms with E-state index in [9.17, 15) is 4.79 Å². The fourth-order valence-electron chi connectivity index (χ4n) is 4.33. The van der Waals surface area contributed by atoms with E-state index in [-0.39, 0.29) is 28.8 Å². The van der Waals surface area contributed by atoms with Crippen molar-refractivity contribution in [3.05, 3.63) is 0 Å². The molecular weight excluding hydrogens is 268 g/mol. The largest absolute Gasteiger partial charge is 0.381 e. The Balaban J connectivity index is 1.65. The van der Waals surface area contributed by atoms with E-state index in [2.05, 4.69) is 26.1 Å². The number of carbonyl (C=O) groups is 1. The zero-order valence-corrected chi connectivity index (χ0v) is 13.4. The van der Waals surface area contributed by atoms with Gasteiger partial charge in [0.15, 0.2) is 0 Å². The molecule has 3 rings (SSSR count). The molecule has 21 heavy (non-hydrogen) atoms. The first kappa shape index (κ1) is 15.3. The summed E-state index contributed by atoms with van der Waals surface area (Å²) < 4.78 is 11.2. The highest BCUT2D eigenvalue weighted by molar-refractivity contribution is 5.89. The first-order chi connectivity index (χ1) is 9.81. The van der Waals surface area contributed by atoms with Gasteiger partial charge in [-0.15, -0.1) is 0 Å². The van der Waals surface area contributed by atoms with Crippen molar-refractivity contribution >= 4 is 5.91 Å². The first-order valence-electron chi connectivity index (χ1n) is 8.08. The molecule has 0 aromatic heterocycles. The average molecular weight is 296 g/mol. The van der Waals surface area contributed by atoms with E-state index >= 15 is 0 Å². The lowest BCUT2D eigenvalue weighted by atomic mass is 9.48. The monoisotopic (exact) mass is 296 g/mol. The van der Waals surface area contributed by atoms with Crippen LogP contribution in [-0.4, -0.2) is 43.9 Å². The van der Waals surface area contributed by atoms with E-state index in [4.69, 9.17) is 15.2 Å². The van der Waals surface area contributed by atoms with Gasteiger partial charge in [0.25, 0.3) is 0 Å². The highest BCUT2D eigenvalue weighted by atomic mass is 16.5. The Bertz CT molecular complexity index is 431. The van der Waals surface area contributed by atoms with Crippen molar-refractivity contribution < 1.29 is 14.3 Å². The average Bonchev–Trinajstić information content (AvgIpc) is 2.93. The molecule has 2 saturated heterocycles. The summed E-state index contributed by atoms with van der Waals surface area (Å²) in [6, 6.07) is 0. The molecule has 0 radical (unpaired) electrons. The smallest absolute Gasteiger partial charge is 0.241 e. The van der Waals surface area contributed by atoms with Gasteiger partial charge in [-0.05, 0) is 24.7 Å². The molecule has 120 valence electrons. The predicted molar refractivity (Wildman–Crippen MR) is 79.7 cm³/mol. The Labute approximate surface area is 126 Å². The SMILES string of the molecule is CC1(CNC(=O)C2(N)C3CCOC3C2(C)C)CCOCC1. The number of nitrogens with one attached hydrogen (secondary N) is 1. The van der Waals surface area contributed by atoms with Crippen molar-refractivity contribution in [3.63, 3.8) is 0 Å². The molecule has 2 heterocycles. The van der Waals surface area contributed by atoms with Gasteiger partial charge in [-0.25, -0.2) is 0 Å². The lowest BCUT2D eigenvalue weighted by molar-refractivity contribution is -0.175. The molecular formula is C16H28N2O3. The van der Waals surface area contributed by atoms with Gasteiger partial charge >= 0.3 is 0 Å². The number of hydrogen-bond donors (Lipinski definition) is 2. The Hall–Kier alpha value is -0.650. The third kappa shape index (κ3) is 2.13. The lowest BCUT2D eigenvalue weighted by Crippen LogP contribution is -2.80. The van der Waals surface area contributed by atoms with Crippen LogP contribution in [0.3, 0.4) is 0 Å². The molecule has 0 aromatic carbocycles. The Morgan fingerprint density at radius 3 is 2.57 bits per heavy atom. The second-order valence-electron chi connectivity index (χ2n) is 7.88. The van der Waals surface area contributed by atoms with E-state index in [0.717, 1.165) is 39.1 Å². The van der Waals surface area contributed by atoms with Crippen molar-refractivity contribution in [2.24, 2.45) is 22.5 Å². The number of nitrogens with two attached hydrogens (primary N) is 1. The molecule has 1 amide bonds. The van der Waals surface area contributed by atoms with E-state index < -0.39 is 5.54 Å². The van der Waals surface area contributed by atoms with E-state index in [0.29, 0.717) is 6.54 Å². The van der Waals surface area contributed by atoms with E-state index in [1.54, 1.807) is 0 Å². The highest BCUT2D eigenvalue weighted by Crippen LogP contribution is 2.58. The zero-order valence-electron chi connectivity index (χ0n) is 13.4. The van der Waals surface area contributed by atoms with E-state index in [1.165, 1.54) is 0 Å². The summed E-state index contributed by atoms with van der Waals surface area (Å²) >= 11 is 0. The van der Waals surface area contributed by atoms with Gasteiger partial charge < -0.3 is 20.5 Å². The molecule has 1 saturated carbocycles. The van der Waals surface area contributed by atoms with Crippen LogP contribution in [0, 0.1) is 16.7 Å². The Morgan fingerprint density at radius 2 is 1.90 bits per heavy atom. The molecule has 3 unspecified atom stereocenters. The maximum Gasteiger partial charge on any atom is 0.241 e. The molecule has 0 bridgehead atoms. The fraction of sp³-hybridized carbons (Fsp3) is 0.938. The van der Waals surface area contributed by atoms with Crippen LogP contribution in [0.5, 0.6) is 0 Å². The maximum absolute atomic E-state index is 12.8. The van der Waals surface area contributed by atoms with Gasteiger partial charge in [0.1, 0.15) is 5.54 Å². The topological polar surface area (TPSA) is 73.6 Å². The maximum atomic E-state index is 12.8. The molecule has 0 spiro atoms. The summed E-state index contributed by atoms with van der Waals surface area (Å²) in [5.74, 6) is 0.155. The number of amides is 1. The second kappa shape index (κ2) is 4.93. The van der Waals surface area contributed by atoms with Crippen molar-refractivity contribution in [1.82, 2.24) is 5.32 Å². The molecule has 0 aromatic rings. The van der Waals surface area contributed by atoms with Crippen molar-refractivity contribution in [3.8, 4) is 0 Å². The number of carbonyl (C=O) groups excluding carboxylic acids is 1. The minimum Gasteiger partial charge on any atom is -0.381 e. The van der Waals surface area contributed by atoms with Crippen molar-refractivity contribution in [2.75, 3.05) is 26.4 Å². The van der Waals surface area contributed by atoms with Gasteiger partial charge in [-0.3, -0.25) is 4.79 Å². The molecule has 3 aliphatic rings. The number of ether oxygens (including phenoxy) is 2. The molecule has 2 aliphatic heterocycles. The zero-order chi connectivity index (χ0) is 15.3. The highest BCUT2D eigenvalue weighted by Gasteiger charge is 2.71. The Morgan fingerprint density at radius 1 is 1.24 bits per heavy atom. The second-order valence-corrected chi connectivity index (χ2v) is 7.88. The summed E-state index contributed by atoms with van der Waals surface area (Å²) in [5, 5.41) is 3.13. The molecule has 3 fully saturated rings. The summed E-state index contributed by atoms with van der Waals surface area (Å²) in [5.41, 5.74) is 5.59. The van der Waals surface area contributed by atoms with Crippen LogP contribution in [-0.2, 0) is 14.3 Å². The van der Waals surface area contributed by atoms with Crippen LogP contribution in [0.4, 0.5) is 0 Å². The standard InChI is InChI=1S/C16H28N2O3/c1-14(2)12-11(4-7-21-12)16(14,17)13(19)18-10-15(3)5-8-20-9-6-15/h11-12H,4-10,17H2,1-3H3,(H,18,19). The van der Waals surface area contributed by atoms with Gasteiger partial charge in [-0.1, -0.05) is 20.8 Å². The minimum atomic E-state index is -0.796. The van der Waals surface area contributed by atoms with Crippen LogP contribution in [0.15, 0.2) is 0 Å². The van der Waals surface area contributed by atoms with Gasteiger partial charge in [0.2, 0.25) is 5.91 Å². The Kier molecular flexibility index (Phi) is 3.58. The lowest BCUT2D eigenvalue weighted by Gasteiger charge is -2.60. The minimum absolute atomic E-state index is 0.00744. The quantitative estimate of drug-likeness (QED) is 0.817. The first-order valence-corrected chi connectivity index (χ1v) is 8.08. The molecule has 3 N–H and O–H groups in total. The van der Waals surface area contributed by atoms with Crippen LogP contribution in [0.25, 0.3) is 0 Å². The van der Waals surface area contributed by atoms with Crippen LogP contribution in [0.2, 0.25) is 0 Å². The van der Waals surface area contributed by atoms with Crippen LogP contribution in [0.1, 0.15) is 40.0 Å². The summed E-state index contributed by atoms with van der Waals surface area (Å²) in [4.78, 5) is 12.8. The third-order valence-electron chi connectivity index (χ3n) is 6.21. The van der Waals surface area contributed by atoms with Crippen LogP contribution >= 0.6 is 0 Å². The summed E-state index contributed by atoms with van der Waals surface area (Å²) in [6.07, 6.45) is 3.00. The predicted octanol–water partition coefficient (Wildman–Crippen LogP) is 1.06.